The van der Waals surface area contributed by atoms with Crippen LogP contribution in [0.4, 0.5) is 0 Å². The molecule has 160 valence electrons. The van der Waals surface area contributed by atoms with Crippen LogP contribution >= 0.6 is 0 Å². The van der Waals surface area contributed by atoms with Crippen LogP contribution in [0, 0.1) is 46.3 Å². The quantitative estimate of drug-likeness (QED) is 0.483. The summed E-state index contributed by atoms with van der Waals surface area (Å²) in [4.78, 5) is 0. The van der Waals surface area contributed by atoms with Crippen LogP contribution in [0.25, 0.3) is 0 Å². The highest BCUT2D eigenvalue weighted by molar-refractivity contribution is 5.25. The average Bonchev–Trinajstić information content (AvgIpc) is 3.09. The van der Waals surface area contributed by atoms with Crippen LogP contribution in [-0.2, 0) is 0 Å². The number of aliphatic hydroxyl groups excluding tert-OH is 1. The standard InChI is InChI=1S/C27H46O/c1-18(2)7-6-8-19(3)23-11-12-24-22-10-9-20-17-21(28)13-15-26(20,4)25(22)14-16-27(23,24)5/h9,18-19,21-25,28H,6-8,10-17H2,1-5H3/i1D3,2D3,18D. The number of allylic oxidation sites excluding steroid dienone is 1. The summed E-state index contributed by atoms with van der Waals surface area (Å²) in [6.45, 7) is 1.59. The van der Waals surface area contributed by atoms with Gasteiger partial charge in [-0.1, -0.05) is 65.4 Å². The van der Waals surface area contributed by atoms with Crippen molar-refractivity contribution in [2.45, 2.75) is 111 Å². The van der Waals surface area contributed by atoms with Gasteiger partial charge in [-0.25, -0.2) is 0 Å². The maximum Gasteiger partial charge on any atom is 0.0577 e. The van der Waals surface area contributed by atoms with Gasteiger partial charge in [-0.3, -0.25) is 0 Å². The maximum absolute atomic E-state index is 10.2. The van der Waals surface area contributed by atoms with E-state index in [1.165, 1.54) is 31.3 Å². The van der Waals surface area contributed by atoms with Crippen LogP contribution in [0.15, 0.2) is 11.6 Å². The van der Waals surface area contributed by atoms with Gasteiger partial charge in [0.2, 0.25) is 0 Å². The predicted molar refractivity (Wildman–Crippen MR) is 119 cm³/mol. The number of hydrogen-bond donors (Lipinski definition) is 1. The van der Waals surface area contributed by atoms with E-state index in [1.54, 1.807) is 0 Å². The molecule has 0 aliphatic heterocycles. The molecule has 0 spiro atoms. The molecule has 0 aromatic rings. The van der Waals surface area contributed by atoms with E-state index in [4.69, 9.17) is 9.60 Å². The molecule has 1 heteroatoms. The lowest BCUT2D eigenvalue weighted by molar-refractivity contribution is -0.0573. The van der Waals surface area contributed by atoms with Gasteiger partial charge in [-0.2, -0.15) is 0 Å². The molecule has 4 aliphatic rings. The van der Waals surface area contributed by atoms with Crippen molar-refractivity contribution >= 4 is 0 Å². The predicted octanol–water partition coefficient (Wildman–Crippen LogP) is 7.39. The summed E-state index contributed by atoms with van der Waals surface area (Å²) < 4.78 is 54.5. The van der Waals surface area contributed by atoms with E-state index in [-0.39, 0.29) is 23.4 Å². The molecule has 0 bridgehead atoms. The Hall–Kier alpha value is -0.300. The fraction of sp³-hybridized carbons (Fsp3) is 0.926. The molecule has 4 rings (SSSR count). The molecule has 28 heavy (non-hydrogen) atoms. The number of fused-ring (bicyclic) bond motifs is 5. The molecule has 0 saturated heterocycles. The van der Waals surface area contributed by atoms with Crippen molar-refractivity contribution in [1.29, 1.82) is 0 Å². The van der Waals surface area contributed by atoms with Crippen molar-refractivity contribution in [1.82, 2.24) is 0 Å². The van der Waals surface area contributed by atoms with E-state index in [0.717, 1.165) is 32.1 Å². The number of hydrogen-bond acceptors (Lipinski definition) is 1. The molecule has 0 amide bonds. The summed E-state index contributed by atoms with van der Waals surface area (Å²) in [5, 5.41) is 10.2. The summed E-state index contributed by atoms with van der Waals surface area (Å²) in [6.07, 6.45) is 12.4. The van der Waals surface area contributed by atoms with Crippen molar-refractivity contribution in [3.63, 3.8) is 0 Å². The lowest BCUT2D eigenvalue weighted by atomic mass is 9.47. The van der Waals surface area contributed by atoms with Crippen LogP contribution in [0.5, 0.6) is 0 Å². The second-order valence-electron chi connectivity index (χ2n) is 11.2. The third kappa shape index (κ3) is 3.42. The van der Waals surface area contributed by atoms with E-state index in [0.29, 0.717) is 36.0 Å². The van der Waals surface area contributed by atoms with Crippen molar-refractivity contribution in [2.75, 3.05) is 0 Å². The first-order valence-corrected chi connectivity index (χ1v) is 11.9. The summed E-state index contributed by atoms with van der Waals surface area (Å²) in [5.41, 5.74) is 2.03. The van der Waals surface area contributed by atoms with Crippen LogP contribution in [0.2, 0.25) is 0 Å². The number of aliphatic hydroxyl groups is 1. The van der Waals surface area contributed by atoms with E-state index >= 15 is 0 Å². The first-order valence-electron chi connectivity index (χ1n) is 15.4. The minimum absolute atomic E-state index is 0.111. The molecule has 0 aromatic carbocycles. The second-order valence-corrected chi connectivity index (χ2v) is 11.2. The first kappa shape index (κ1) is 13.9. The molecular weight excluding hydrogens is 340 g/mol. The average molecular weight is 394 g/mol. The summed E-state index contributed by atoms with van der Waals surface area (Å²) >= 11 is 0. The molecule has 8 atom stereocenters. The fourth-order valence-electron chi connectivity index (χ4n) is 8.42. The van der Waals surface area contributed by atoms with Gasteiger partial charge in [0, 0.05) is 9.60 Å². The molecular formula is C27H46O. The normalized spacial score (nSPS) is 51.5. The Morgan fingerprint density at radius 1 is 1.14 bits per heavy atom. The van der Waals surface area contributed by atoms with Gasteiger partial charge in [0.05, 0.1) is 6.10 Å². The third-order valence-electron chi connectivity index (χ3n) is 9.92. The van der Waals surface area contributed by atoms with Crippen LogP contribution in [0.1, 0.15) is 115 Å². The third-order valence-corrected chi connectivity index (χ3v) is 9.92. The van der Waals surface area contributed by atoms with Gasteiger partial charge in [0.1, 0.15) is 0 Å². The lowest BCUT2D eigenvalue weighted by Gasteiger charge is -2.58. The highest BCUT2D eigenvalue weighted by Gasteiger charge is 2.59. The van der Waals surface area contributed by atoms with E-state index in [1.807, 2.05) is 0 Å². The molecule has 3 fully saturated rings. The molecule has 1 N–H and O–H groups in total. The Morgan fingerprint density at radius 2 is 1.96 bits per heavy atom. The molecule has 3 saturated carbocycles. The Kier molecular flexibility index (Phi) is 3.85. The highest BCUT2D eigenvalue weighted by atomic mass is 16.3. The molecule has 0 heterocycles. The molecule has 0 radical (unpaired) electrons. The Labute approximate surface area is 184 Å². The van der Waals surface area contributed by atoms with Gasteiger partial charge in [-0.15, -0.1) is 0 Å². The summed E-state index contributed by atoms with van der Waals surface area (Å²) in [7, 11) is 0. The SMILES string of the molecule is [2H]C([2H])([2H])C([2H])(CCCC(C)C1CCC2C3CC=C4CC(O)CCC4(C)C3CCC12C)C([2H])([2H])[2H]. The van der Waals surface area contributed by atoms with Gasteiger partial charge in [0.15, 0.2) is 0 Å². The topological polar surface area (TPSA) is 20.2 Å². The van der Waals surface area contributed by atoms with E-state index < -0.39 is 19.6 Å². The molecule has 4 aliphatic carbocycles. The van der Waals surface area contributed by atoms with Gasteiger partial charge < -0.3 is 5.11 Å². The lowest BCUT2D eigenvalue weighted by Crippen LogP contribution is -2.50. The Morgan fingerprint density at radius 3 is 2.75 bits per heavy atom. The fourth-order valence-corrected chi connectivity index (χ4v) is 8.42. The van der Waals surface area contributed by atoms with Crippen molar-refractivity contribution in [2.24, 2.45) is 46.3 Å². The molecule has 1 nitrogen and oxygen atoms in total. The zero-order valence-corrected chi connectivity index (χ0v) is 18.3. The minimum atomic E-state index is -2.82. The minimum Gasteiger partial charge on any atom is -0.393 e. The van der Waals surface area contributed by atoms with Crippen molar-refractivity contribution in [3.8, 4) is 0 Å². The van der Waals surface area contributed by atoms with Crippen molar-refractivity contribution < 1.29 is 14.7 Å². The first-order chi connectivity index (χ1) is 16.0. The van der Waals surface area contributed by atoms with Gasteiger partial charge in [0.25, 0.3) is 0 Å². The van der Waals surface area contributed by atoms with Crippen LogP contribution in [0.3, 0.4) is 0 Å². The smallest absolute Gasteiger partial charge is 0.0577 e. The monoisotopic (exact) mass is 393 g/mol. The maximum atomic E-state index is 10.2. The van der Waals surface area contributed by atoms with E-state index in [9.17, 15) is 5.11 Å². The Bertz CT molecular complexity index is 803. The van der Waals surface area contributed by atoms with Crippen LogP contribution in [-0.4, -0.2) is 11.2 Å². The zero-order valence-electron chi connectivity index (χ0n) is 25.3. The second kappa shape index (κ2) is 7.75. The number of rotatable bonds is 5. The summed E-state index contributed by atoms with van der Waals surface area (Å²) in [6, 6.07) is 0. The molecule has 0 aromatic heterocycles. The van der Waals surface area contributed by atoms with Crippen LogP contribution < -0.4 is 0 Å². The highest BCUT2D eigenvalue weighted by Crippen LogP contribution is 2.67. The Balaban J connectivity index is 1.43. The molecule has 8 unspecified atom stereocenters. The van der Waals surface area contributed by atoms with E-state index in [2.05, 4.69) is 26.8 Å². The summed E-state index contributed by atoms with van der Waals surface area (Å²) in [5.74, 6) is 0.700. The van der Waals surface area contributed by atoms with Crippen molar-refractivity contribution in [3.05, 3.63) is 11.6 Å². The van der Waals surface area contributed by atoms with Gasteiger partial charge in [-0.05, 0) is 97.7 Å². The van der Waals surface area contributed by atoms with Gasteiger partial charge >= 0.3 is 0 Å². The largest absolute Gasteiger partial charge is 0.393 e. The zero-order chi connectivity index (χ0) is 26.0.